The number of amides is 1. The Kier molecular flexibility index (Phi) is 6.05. The maximum absolute atomic E-state index is 12.8. The highest BCUT2D eigenvalue weighted by Gasteiger charge is 2.28. The molecule has 0 fully saturated rings. The van der Waals surface area contributed by atoms with E-state index < -0.39 is 10.1 Å². The van der Waals surface area contributed by atoms with Crippen molar-refractivity contribution in [3.8, 4) is 0 Å². The number of rotatable bonds is 5. The Morgan fingerprint density at radius 3 is 2.44 bits per heavy atom. The Balaban J connectivity index is 1.50. The molecule has 0 aliphatic carbocycles. The highest BCUT2D eigenvalue weighted by molar-refractivity contribution is 8.03. The van der Waals surface area contributed by atoms with Crippen LogP contribution in [0.15, 0.2) is 98.3 Å². The van der Waals surface area contributed by atoms with Gasteiger partial charge < -0.3 is 4.90 Å². The fourth-order valence-corrected chi connectivity index (χ4v) is 5.06. The molecule has 0 atom stereocenters. The van der Waals surface area contributed by atoms with Gasteiger partial charge in [0, 0.05) is 11.4 Å². The molecule has 0 unspecified atom stereocenters. The molecule has 0 radical (unpaired) electrons. The third-order valence-corrected chi connectivity index (χ3v) is 7.01. The minimum atomic E-state index is -4.29. The largest absolute Gasteiger partial charge is 0.335 e. The Morgan fingerprint density at radius 2 is 1.75 bits per heavy atom. The van der Waals surface area contributed by atoms with Crippen LogP contribution in [-0.2, 0) is 14.9 Å². The molecule has 2 aliphatic heterocycles. The number of thioether (sulfide) groups is 1. The summed E-state index contributed by atoms with van der Waals surface area (Å²) in [6.45, 7) is 4.71. The highest BCUT2D eigenvalue weighted by Crippen LogP contribution is 2.45. The quantitative estimate of drug-likeness (QED) is 0.510. The molecule has 0 saturated heterocycles. The van der Waals surface area contributed by atoms with Crippen molar-refractivity contribution in [2.75, 3.05) is 16.5 Å². The third-order valence-electron chi connectivity index (χ3n) is 5.01. The van der Waals surface area contributed by atoms with E-state index >= 15 is 0 Å². The summed E-state index contributed by atoms with van der Waals surface area (Å²) in [5.41, 5.74) is 2.62. The zero-order valence-electron chi connectivity index (χ0n) is 17.5. The van der Waals surface area contributed by atoms with Crippen molar-refractivity contribution in [2.24, 2.45) is 5.10 Å². The van der Waals surface area contributed by atoms with Crippen molar-refractivity contribution in [1.29, 1.82) is 0 Å². The zero-order chi connectivity index (χ0) is 22.9. The van der Waals surface area contributed by atoms with Gasteiger partial charge >= 0.3 is 0 Å². The maximum atomic E-state index is 12.8. The number of hydrogen-bond donors (Lipinski definition) is 1. The second-order valence-corrected chi connectivity index (χ2v) is 9.54. The van der Waals surface area contributed by atoms with Crippen LogP contribution in [0, 0.1) is 0 Å². The molecule has 0 bridgehead atoms. The van der Waals surface area contributed by atoms with Crippen molar-refractivity contribution >= 4 is 44.9 Å². The van der Waals surface area contributed by atoms with E-state index in [1.165, 1.54) is 39.9 Å². The van der Waals surface area contributed by atoms with E-state index in [2.05, 4.69) is 29.1 Å². The molecular formula is C23H21N3O4S2. The second kappa shape index (κ2) is 8.78. The summed E-state index contributed by atoms with van der Waals surface area (Å²) in [6, 6.07) is 13.6. The Hall–Kier alpha value is -3.14. The van der Waals surface area contributed by atoms with Crippen LogP contribution in [0.2, 0.25) is 0 Å². The monoisotopic (exact) mass is 467 g/mol. The standard InChI is InChI=1S/C23H21N3O4S2/c1-3-25-20-9-5-6-10-21(20)31-22(25)11-7-4-8-19-16(2)24-26(23(19)27)17-12-14-18(15-13-17)32(28,29)30/h4-15H,3H2,1-2H3,(H,28,29,30). The first-order chi connectivity index (χ1) is 15.3. The number of anilines is 2. The van der Waals surface area contributed by atoms with E-state index in [9.17, 15) is 13.2 Å². The van der Waals surface area contributed by atoms with Crippen LogP contribution in [-0.4, -0.2) is 31.1 Å². The van der Waals surface area contributed by atoms with Crippen molar-refractivity contribution in [3.05, 3.63) is 83.4 Å². The molecule has 7 nitrogen and oxygen atoms in total. The lowest BCUT2D eigenvalue weighted by atomic mass is 10.1. The molecule has 1 N–H and O–H groups in total. The molecule has 0 aromatic heterocycles. The fourth-order valence-electron chi connectivity index (χ4n) is 3.44. The second-order valence-electron chi connectivity index (χ2n) is 7.06. The SMILES string of the molecule is CCN1C(=CC=CC=C2C(=O)N(c3ccc(S(=O)(=O)O)cc3)N=C2C)Sc2ccccc21. The number of allylic oxidation sites excluding steroid dienone is 4. The number of fused-ring (bicyclic) bond motifs is 1. The van der Waals surface area contributed by atoms with Crippen molar-refractivity contribution < 1.29 is 17.8 Å². The zero-order valence-corrected chi connectivity index (χ0v) is 19.1. The summed E-state index contributed by atoms with van der Waals surface area (Å²) in [6.07, 6.45) is 7.44. The van der Waals surface area contributed by atoms with E-state index in [0.717, 1.165) is 11.6 Å². The smallest absolute Gasteiger partial charge is 0.294 e. The van der Waals surface area contributed by atoms with Crippen LogP contribution in [0.25, 0.3) is 0 Å². The van der Waals surface area contributed by atoms with Gasteiger partial charge in [-0.1, -0.05) is 36.0 Å². The van der Waals surface area contributed by atoms with Crippen LogP contribution < -0.4 is 9.91 Å². The van der Waals surface area contributed by atoms with E-state index in [0.29, 0.717) is 17.0 Å². The van der Waals surface area contributed by atoms with Crippen molar-refractivity contribution in [2.45, 2.75) is 23.6 Å². The van der Waals surface area contributed by atoms with E-state index in [4.69, 9.17) is 4.55 Å². The van der Waals surface area contributed by atoms with E-state index in [-0.39, 0.29) is 10.8 Å². The summed E-state index contributed by atoms with van der Waals surface area (Å²) >= 11 is 1.71. The van der Waals surface area contributed by atoms with Gasteiger partial charge in [0.1, 0.15) is 0 Å². The van der Waals surface area contributed by atoms with Crippen molar-refractivity contribution in [1.82, 2.24) is 0 Å². The van der Waals surface area contributed by atoms with Gasteiger partial charge in [0.15, 0.2) is 0 Å². The molecule has 1 amide bonds. The Morgan fingerprint density at radius 1 is 1.06 bits per heavy atom. The van der Waals surface area contributed by atoms with Crippen LogP contribution in [0.1, 0.15) is 13.8 Å². The average molecular weight is 468 g/mol. The van der Waals surface area contributed by atoms with E-state index in [1.54, 1.807) is 24.8 Å². The summed E-state index contributed by atoms with van der Waals surface area (Å²) in [7, 11) is -4.29. The van der Waals surface area contributed by atoms with Gasteiger partial charge in [0.05, 0.1) is 32.6 Å². The number of hydrogen-bond acceptors (Lipinski definition) is 6. The van der Waals surface area contributed by atoms with Gasteiger partial charge in [0.25, 0.3) is 16.0 Å². The molecule has 2 aromatic carbocycles. The minimum Gasteiger partial charge on any atom is -0.335 e. The average Bonchev–Trinajstić information content (AvgIpc) is 3.27. The van der Waals surface area contributed by atoms with Gasteiger partial charge in [-0.3, -0.25) is 9.35 Å². The minimum absolute atomic E-state index is 0.242. The summed E-state index contributed by atoms with van der Waals surface area (Å²) < 4.78 is 31.5. The Bertz CT molecular complexity index is 1290. The molecule has 2 aliphatic rings. The van der Waals surface area contributed by atoms with E-state index in [1.807, 2.05) is 30.4 Å². The first-order valence-electron chi connectivity index (χ1n) is 9.90. The first kappa shape index (κ1) is 22.1. The number of carbonyl (C=O) groups is 1. The first-order valence-corrected chi connectivity index (χ1v) is 12.2. The number of para-hydroxylation sites is 1. The molecule has 4 rings (SSSR count). The van der Waals surface area contributed by atoms with Gasteiger partial charge in [-0.05, 0) is 62.4 Å². The lowest BCUT2D eigenvalue weighted by Gasteiger charge is -2.17. The Labute approximate surface area is 191 Å². The summed E-state index contributed by atoms with van der Waals surface area (Å²) in [4.78, 5) is 16.0. The highest BCUT2D eigenvalue weighted by atomic mass is 32.2. The maximum Gasteiger partial charge on any atom is 0.294 e. The normalized spacial score (nSPS) is 18.8. The number of hydrazone groups is 1. The molecule has 164 valence electrons. The predicted octanol–water partition coefficient (Wildman–Crippen LogP) is 4.61. The molecular weight excluding hydrogens is 446 g/mol. The third kappa shape index (κ3) is 4.27. The topological polar surface area (TPSA) is 90.3 Å². The predicted molar refractivity (Wildman–Crippen MR) is 127 cm³/mol. The molecule has 32 heavy (non-hydrogen) atoms. The lowest BCUT2D eigenvalue weighted by Crippen LogP contribution is -2.21. The summed E-state index contributed by atoms with van der Waals surface area (Å²) in [5.74, 6) is -0.308. The number of nitrogens with zero attached hydrogens (tertiary/aromatic N) is 3. The molecule has 0 saturated carbocycles. The van der Waals surface area contributed by atoms with Crippen molar-refractivity contribution in [3.63, 3.8) is 0 Å². The van der Waals surface area contributed by atoms with Crippen LogP contribution >= 0.6 is 11.8 Å². The molecule has 2 aromatic rings. The van der Waals surface area contributed by atoms with Crippen LogP contribution in [0.3, 0.4) is 0 Å². The fraction of sp³-hybridized carbons (Fsp3) is 0.130. The van der Waals surface area contributed by atoms with Gasteiger partial charge in [-0.2, -0.15) is 18.5 Å². The van der Waals surface area contributed by atoms with Gasteiger partial charge in [-0.25, -0.2) is 0 Å². The summed E-state index contributed by atoms with van der Waals surface area (Å²) in [5, 5.41) is 6.61. The van der Waals surface area contributed by atoms with Crippen LogP contribution in [0.5, 0.6) is 0 Å². The number of benzene rings is 2. The molecule has 0 spiro atoms. The van der Waals surface area contributed by atoms with Gasteiger partial charge in [-0.15, -0.1) is 0 Å². The molecule has 2 heterocycles. The lowest BCUT2D eigenvalue weighted by molar-refractivity contribution is -0.114. The van der Waals surface area contributed by atoms with Gasteiger partial charge in [0.2, 0.25) is 0 Å². The van der Waals surface area contributed by atoms with Crippen LogP contribution in [0.4, 0.5) is 11.4 Å². The molecule has 9 heteroatoms. The number of carbonyl (C=O) groups excluding carboxylic acids is 1.